The van der Waals surface area contributed by atoms with Gasteiger partial charge in [0.25, 0.3) is 0 Å². The van der Waals surface area contributed by atoms with E-state index in [1.807, 2.05) is 27.7 Å². The van der Waals surface area contributed by atoms with Gasteiger partial charge in [-0.15, -0.1) is 0 Å². The quantitative estimate of drug-likeness (QED) is 0.340. The van der Waals surface area contributed by atoms with Gasteiger partial charge in [0.05, 0.1) is 36.1 Å². The summed E-state index contributed by atoms with van der Waals surface area (Å²) in [5, 5.41) is 65.1. The molecule has 3 saturated carbocycles. The molecule has 34 heavy (non-hydrogen) atoms. The molecule has 0 heterocycles. The first-order valence-electron chi connectivity index (χ1n) is 13.1. The molecule has 0 amide bonds. The van der Waals surface area contributed by atoms with Gasteiger partial charge >= 0.3 is 0 Å². The normalized spacial score (nSPS) is 46.9. The van der Waals surface area contributed by atoms with Gasteiger partial charge in [0.2, 0.25) is 0 Å². The summed E-state index contributed by atoms with van der Waals surface area (Å²) in [4.78, 5) is 13.3. The van der Waals surface area contributed by atoms with Gasteiger partial charge in [-0.05, 0) is 86.2 Å². The topological polar surface area (TPSA) is 138 Å². The Kier molecular flexibility index (Phi) is 6.66. The standard InChI is InChI=1S/C27H44O7/c1-15(2)19(29)6-9-26(33,14-28)23-7-10-27(34)17-11-20(30)18-12-21(31)22(32)13-24(18,3)16(17)5-8-25(23,27)4/h11,15-16,18-19,21-23,28-29,31-34H,5-10,12-14H2,1-4H3/t16-,18-,19?,21+,22-,23-,24+,25+,26+,27+/m0/s1. The molecule has 0 aliphatic heterocycles. The van der Waals surface area contributed by atoms with Crippen LogP contribution in [0.4, 0.5) is 0 Å². The summed E-state index contributed by atoms with van der Waals surface area (Å²) >= 11 is 0. The maximum Gasteiger partial charge on any atom is 0.159 e. The lowest BCUT2D eigenvalue weighted by atomic mass is 9.45. The first kappa shape index (κ1) is 26.2. The van der Waals surface area contributed by atoms with Crippen LogP contribution in [-0.4, -0.2) is 72.5 Å². The third kappa shape index (κ3) is 3.65. The molecule has 0 saturated heterocycles. The van der Waals surface area contributed by atoms with Gasteiger partial charge in [-0.3, -0.25) is 4.79 Å². The number of carbonyl (C=O) groups excluding carboxylic acids is 1. The van der Waals surface area contributed by atoms with Crippen molar-refractivity contribution in [2.45, 2.75) is 109 Å². The van der Waals surface area contributed by atoms with E-state index >= 15 is 0 Å². The highest BCUT2D eigenvalue weighted by molar-refractivity contribution is 5.95. The molecule has 0 radical (unpaired) electrons. The van der Waals surface area contributed by atoms with Crippen LogP contribution in [0.5, 0.6) is 0 Å². The molecule has 0 aromatic heterocycles. The van der Waals surface area contributed by atoms with Crippen molar-refractivity contribution in [1.82, 2.24) is 0 Å². The molecule has 4 rings (SSSR count). The van der Waals surface area contributed by atoms with E-state index in [2.05, 4.69) is 0 Å². The van der Waals surface area contributed by atoms with E-state index < -0.39 is 47.0 Å². The van der Waals surface area contributed by atoms with Crippen LogP contribution >= 0.6 is 0 Å². The van der Waals surface area contributed by atoms with Crippen molar-refractivity contribution < 1.29 is 35.4 Å². The highest BCUT2D eigenvalue weighted by Gasteiger charge is 2.68. The second-order valence-corrected chi connectivity index (χ2v) is 12.7. The molecule has 4 aliphatic carbocycles. The van der Waals surface area contributed by atoms with E-state index in [1.54, 1.807) is 6.08 Å². The molecule has 0 bridgehead atoms. The molecule has 1 unspecified atom stereocenters. The van der Waals surface area contributed by atoms with Crippen molar-refractivity contribution in [1.29, 1.82) is 0 Å². The van der Waals surface area contributed by atoms with E-state index in [1.165, 1.54) is 0 Å². The first-order valence-corrected chi connectivity index (χ1v) is 13.1. The van der Waals surface area contributed by atoms with Crippen molar-refractivity contribution in [3.63, 3.8) is 0 Å². The monoisotopic (exact) mass is 480 g/mol. The van der Waals surface area contributed by atoms with E-state index in [-0.39, 0.29) is 42.3 Å². The zero-order chi connectivity index (χ0) is 25.3. The second kappa shape index (κ2) is 8.63. The van der Waals surface area contributed by atoms with Crippen molar-refractivity contribution in [2.75, 3.05) is 6.61 Å². The zero-order valence-electron chi connectivity index (χ0n) is 21.1. The third-order valence-corrected chi connectivity index (χ3v) is 10.7. The first-order chi connectivity index (χ1) is 15.7. The molecule has 7 heteroatoms. The highest BCUT2D eigenvalue weighted by atomic mass is 16.3. The van der Waals surface area contributed by atoms with E-state index in [0.29, 0.717) is 44.1 Å². The number of fused-ring (bicyclic) bond motifs is 5. The van der Waals surface area contributed by atoms with Gasteiger partial charge in [0, 0.05) is 11.3 Å². The van der Waals surface area contributed by atoms with Crippen molar-refractivity contribution >= 4 is 5.78 Å². The van der Waals surface area contributed by atoms with Crippen molar-refractivity contribution in [2.24, 2.45) is 34.5 Å². The smallest absolute Gasteiger partial charge is 0.159 e. The molecule has 194 valence electrons. The maximum absolute atomic E-state index is 13.3. The minimum atomic E-state index is -1.43. The number of aliphatic hydroxyl groups is 6. The molecule has 3 fully saturated rings. The Balaban J connectivity index is 1.67. The molecule has 4 aliphatic rings. The predicted molar refractivity (Wildman–Crippen MR) is 127 cm³/mol. The van der Waals surface area contributed by atoms with E-state index in [0.717, 1.165) is 0 Å². The molecule has 0 spiro atoms. The van der Waals surface area contributed by atoms with Crippen LogP contribution < -0.4 is 0 Å². The summed E-state index contributed by atoms with van der Waals surface area (Å²) < 4.78 is 0. The summed E-state index contributed by atoms with van der Waals surface area (Å²) in [6.45, 7) is 7.37. The Labute approximate surface area is 202 Å². The fourth-order valence-electron chi connectivity index (χ4n) is 8.33. The number of rotatable bonds is 6. The Morgan fingerprint density at radius 1 is 1.12 bits per heavy atom. The Hall–Kier alpha value is -0.830. The van der Waals surface area contributed by atoms with Gasteiger partial charge in [-0.25, -0.2) is 0 Å². The van der Waals surface area contributed by atoms with Gasteiger partial charge in [-0.2, -0.15) is 0 Å². The number of carbonyl (C=O) groups is 1. The summed E-state index contributed by atoms with van der Waals surface area (Å²) in [7, 11) is 0. The molecular weight excluding hydrogens is 436 g/mol. The number of hydrogen-bond donors (Lipinski definition) is 6. The van der Waals surface area contributed by atoms with Crippen LogP contribution in [0.3, 0.4) is 0 Å². The fourth-order valence-corrected chi connectivity index (χ4v) is 8.33. The summed E-state index contributed by atoms with van der Waals surface area (Å²) in [5.74, 6) is -0.893. The van der Waals surface area contributed by atoms with Crippen LogP contribution in [0.25, 0.3) is 0 Å². The number of allylic oxidation sites excluding steroid dienone is 1. The predicted octanol–water partition coefficient (Wildman–Crippen LogP) is 1.71. The summed E-state index contributed by atoms with van der Waals surface area (Å²) in [6, 6.07) is 0. The lowest BCUT2D eigenvalue weighted by molar-refractivity contribution is -0.169. The Morgan fingerprint density at radius 3 is 2.41 bits per heavy atom. The second-order valence-electron chi connectivity index (χ2n) is 12.7. The average molecular weight is 481 g/mol. The van der Waals surface area contributed by atoms with Crippen LogP contribution in [-0.2, 0) is 4.79 Å². The minimum Gasteiger partial charge on any atom is -0.393 e. The zero-order valence-corrected chi connectivity index (χ0v) is 21.1. The van der Waals surface area contributed by atoms with Gasteiger partial charge in [0.1, 0.15) is 0 Å². The number of hydrogen-bond acceptors (Lipinski definition) is 7. The lowest BCUT2D eigenvalue weighted by Crippen LogP contribution is -2.62. The SMILES string of the molecule is CC(C)C(O)CC[C@@](O)(CO)[C@H]1CC[C@@]2(O)C3=CC(=O)[C@@H]4C[C@@H](O)[C@@H](O)C[C@]4(C)[C@H]3CC[C@]12C. The molecule has 7 nitrogen and oxygen atoms in total. The molecule has 10 atom stereocenters. The van der Waals surface area contributed by atoms with Crippen LogP contribution in [0.2, 0.25) is 0 Å². The summed E-state index contributed by atoms with van der Waals surface area (Å²) in [5.41, 5.74) is -3.28. The van der Waals surface area contributed by atoms with Crippen LogP contribution in [0.1, 0.15) is 79.1 Å². The van der Waals surface area contributed by atoms with E-state index in [9.17, 15) is 35.4 Å². The van der Waals surface area contributed by atoms with Crippen LogP contribution in [0, 0.1) is 34.5 Å². The van der Waals surface area contributed by atoms with Gasteiger partial charge in [-0.1, -0.05) is 27.7 Å². The third-order valence-electron chi connectivity index (χ3n) is 10.7. The number of aliphatic hydroxyl groups excluding tert-OH is 4. The van der Waals surface area contributed by atoms with Crippen LogP contribution in [0.15, 0.2) is 11.6 Å². The molecular formula is C27H44O7. The van der Waals surface area contributed by atoms with Crippen molar-refractivity contribution in [3.05, 3.63) is 11.6 Å². The molecule has 0 aromatic rings. The lowest BCUT2D eigenvalue weighted by Gasteiger charge is -2.60. The fraction of sp³-hybridized carbons (Fsp3) is 0.889. The number of ketones is 1. The highest BCUT2D eigenvalue weighted by Crippen LogP contribution is 2.68. The van der Waals surface area contributed by atoms with Gasteiger partial charge in [0.15, 0.2) is 5.78 Å². The Morgan fingerprint density at radius 2 is 1.79 bits per heavy atom. The van der Waals surface area contributed by atoms with E-state index in [4.69, 9.17) is 0 Å². The molecule has 6 N–H and O–H groups in total. The minimum absolute atomic E-state index is 0.0472. The van der Waals surface area contributed by atoms with Gasteiger partial charge < -0.3 is 30.6 Å². The maximum atomic E-state index is 13.3. The summed E-state index contributed by atoms with van der Waals surface area (Å²) in [6.07, 6.45) is 2.62. The molecule has 0 aromatic carbocycles. The Bertz CT molecular complexity index is 841. The largest absolute Gasteiger partial charge is 0.393 e. The average Bonchev–Trinajstić information content (AvgIpc) is 3.06. The van der Waals surface area contributed by atoms with Crippen molar-refractivity contribution in [3.8, 4) is 0 Å².